The quantitative estimate of drug-likeness (QED) is 0.599. The molecule has 0 saturated carbocycles. The molecule has 32 heavy (non-hydrogen) atoms. The summed E-state index contributed by atoms with van der Waals surface area (Å²) in [5.74, 6) is -1.53. The van der Waals surface area contributed by atoms with Gasteiger partial charge >= 0.3 is 13.9 Å². The van der Waals surface area contributed by atoms with Crippen LogP contribution < -0.4 is 5.73 Å². The number of hydrogen-bond acceptors (Lipinski definition) is 9. The molecule has 0 aliphatic carbocycles. The van der Waals surface area contributed by atoms with Crippen LogP contribution in [-0.4, -0.2) is 57.2 Å². The number of benzene rings is 1. The largest absolute Gasteiger partial charge is 0.530 e. The highest BCUT2D eigenvalue weighted by atomic mass is 31.2. The highest BCUT2D eigenvalue weighted by Crippen LogP contribution is 2.48. The van der Waals surface area contributed by atoms with E-state index in [1.54, 1.807) is 38.1 Å². The van der Waals surface area contributed by atoms with E-state index >= 15 is 0 Å². The molecule has 3 N–H and O–H groups in total. The van der Waals surface area contributed by atoms with E-state index in [2.05, 4.69) is 9.51 Å². The lowest BCUT2D eigenvalue weighted by Gasteiger charge is -2.24. The van der Waals surface area contributed by atoms with Crippen molar-refractivity contribution in [3.63, 3.8) is 0 Å². The van der Waals surface area contributed by atoms with Gasteiger partial charge in [0.1, 0.15) is 30.7 Å². The Hall–Kier alpha value is -2.60. The first-order valence-corrected chi connectivity index (χ1v) is 11.1. The van der Waals surface area contributed by atoms with Gasteiger partial charge in [0.05, 0.1) is 6.61 Å². The normalized spacial score (nSPS) is 28.1. The molecule has 2 aliphatic heterocycles. The van der Waals surface area contributed by atoms with Crippen molar-refractivity contribution in [2.45, 2.75) is 44.1 Å². The number of phosphoric ester groups is 1. The number of amides is 1. The second-order valence-corrected chi connectivity index (χ2v) is 9.12. The number of rotatable bonds is 6. The van der Waals surface area contributed by atoms with Crippen LogP contribution in [0, 0.1) is 0 Å². The van der Waals surface area contributed by atoms with Crippen LogP contribution in [0.3, 0.4) is 0 Å². The van der Waals surface area contributed by atoms with Gasteiger partial charge in [-0.25, -0.2) is 18.9 Å². The summed E-state index contributed by atoms with van der Waals surface area (Å²) in [4.78, 5) is 37.0. The summed E-state index contributed by atoms with van der Waals surface area (Å²) >= 11 is 0. The zero-order chi connectivity index (χ0) is 23.1. The summed E-state index contributed by atoms with van der Waals surface area (Å²) < 4.78 is 40.6. The van der Waals surface area contributed by atoms with Crippen molar-refractivity contribution >= 4 is 19.8 Å². The fourth-order valence-corrected chi connectivity index (χ4v) is 4.34. The minimum atomic E-state index is -4.76. The Morgan fingerprint density at radius 2 is 2.06 bits per heavy atom. The standard InChI is InChI=1S/C19H22N3O9P/c1-19(2)29-15-13(9-27-32(25,26)31-18(24)22-7-6-21-10-22)28-14(16(15)30-19)11-4-3-5-12(8-11)17(20)23/h3-8,10,13-16H,9H2,1-2H3,(H2,20,23)(H,25,26)/t13-,14+,15-,16+/m1/s1. The van der Waals surface area contributed by atoms with Crippen molar-refractivity contribution in [1.82, 2.24) is 9.55 Å². The highest BCUT2D eigenvalue weighted by molar-refractivity contribution is 7.48. The molecule has 0 radical (unpaired) electrons. The number of nitrogens with two attached hydrogens (primary N) is 1. The molecular weight excluding hydrogens is 445 g/mol. The lowest BCUT2D eigenvalue weighted by atomic mass is 10.00. The summed E-state index contributed by atoms with van der Waals surface area (Å²) in [6, 6.07) is 6.57. The maximum Gasteiger partial charge on any atom is 0.530 e. The number of fused-ring (bicyclic) bond motifs is 1. The van der Waals surface area contributed by atoms with E-state index in [4.69, 9.17) is 24.5 Å². The van der Waals surface area contributed by atoms with Crippen LogP contribution in [0.1, 0.15) is 35.9 Å². The molecule has 12 nitrogen and oxygen atoms in total. The van der Waals surface area contributed by atoms with Crippen molar-refractivity contribution in [3.05, 3.63) is 54.1 Å². The smallest absolute Gasteiger partial charge is 0.366 e. The minimum absolute atomic E-state index is 0.298. The van der Waals surface area contributed by atoms with Crippen LogP contribution in [-0.2, 0) is 27.8 Å². The van der Waals surface area contributed by atoms with Crippen LogP contribution in [0.5, 0.6) is 0 Å². The Morgan fingerprint density at radius 1 is 1.31 bits per heavy atom. The summed E-state index contributed by atoms with van der Waals surface area (Å²) in [7, 11) is -4.76. The van der Waals surface area contributed by atoms with Gasteiger partial charge < -0.3 is 24.5 Å². The van der Waals surface area contributed by atoms with Crippen molar-refractivity contribution in [2.24, 2.45) is 5.73 Å². The number of phosphoric acid groups is 1. The van der Waals surface area contributed by atoms with Gasteiger partial charge in [-0.3, -0.25) is 14.2 Å². The third-order valence-electron chi connectivity index (χ3n) is 4.96. The zero-order valence-corrected chi connectivity index (χ0v) is 18.1. The molecule has 2 fully saturated rings. The molecule has 0 bridgehead atoms. The van der Waals surface area contributed by atoms with Gasteiger partial charge in [0.2, 0.25) is 5.91 Å². The molecule has 1 unspecified atom stereocenters. The molecule has 2 aromatic rings. The molecule has 13 heteroatoms. The number of ether oxygens (including phenoxy) is 3. The van der Waals surface area contributed by atoms with Gasteiger partial charge in [0.25, 0.3) is 0 Å². The minimum Gasteiger partial charge on any atom is -0.366 e. The molecule has 0 spiro atoms. The monoisotopic (exact) mass is 467 g/mol. The maximum atomic E-state index is 12.2. The average molecular weight is 467 g/mol. The predicted octanol–water partition coefficient (Wildman–Crippen LogP) is 1.74. The van der Waals surface area contributed by atoms with Crippen LogP contribution in [0.15, 0.2) is 43.0 Å². The number of nitrogens with zero attached hydrogens (tertiary/aromatic N) is 2. The van der Waals surface area contributed by atoms with Gasteiger partial charge in [-0.05, 0) is 31.5 Å². The van der Waals surface area contributed by atoms with Gasteiger partial charge in [0.15, 0.2) is 5.79 Å². The molecule has 5 atom stereocenters. The Balaban J connectivity index is 1.48. The number of imidazole rings is 1. The van der Waals surface area contributed by atoms with Gasteiger partial charge in [0, 0.05) is 18.0 Å². The van der Waals surface area contributed by atoms with Crippen molar-refractivity contribution in [1.29, 1.82) is 0 Å². The number of aromatic nitrogens is 2. The van der Waals surface area contributed by atoms with Crippen LogP contribution in [0.4, 0.5) is 4.79 Å². The van der Waals surface area contributed by atoms with Crippen LogP contribution in [0.2, 0.25) is 0 Å². The third kappa shape index (κ3) is 4.75. The van der Waals surface area contributed by atoms with E-state index in [1.165, 1.54) is 12.4 Å². The molecule has 1 aromatic heterocycles. The van der Waals surface area contributed by atoms with E-state index in [9.17, 15) is 19.0 Å². The van der Waals surface area contributed by atoms with E-state index in [0.29, 0.717) is 11.1 Å². The third-order valence-corrected chi connectivity index (χ3v) is 5.82. The fourth-order valence-electron chi connectivity index (χ4n) is 3.66. The molecule has 1 aromatic carbocycles. The lowest BCUT2D eigenvalue weighted by Crippen LogP contribution is -2.32. The SMILES string of the molecule is CC1(C)O[C@@H]2[C@H](O1)[C@@H](COP(=O)(O)OC(=O)n1ccnc1)O[C@H]2c1cccc(C(N)=O)c1. The van der Waals surface area contributed by atoms with E-state index in [-0.39, 0.29) is 0 Å². The van der Waals surface area contributed by atoms with Crippen molar-refractivity contribution in [2.75, 3.05) is 6.61 Å². The van der Waals surface area contributed by atoms with Crippen LogP contribution >= 0.6 is 7.82 Å². The van der Waals surface area contributed by atoms with Crippen molar-refractivity contribution in [3.8, 4) is 0 Å². The molecule has 4 rings (SSSR count). The first-order valence-electron chi connectivity index (χ1n) is 9.65. The summed E-state index contributed by atoms with van der Waals surface area (Å²) in [5, 5.41) is 0. The Morgan fingerprint density at radius 3 is 2.75 bits per heavy atom. The number of carbonyl (C=O) groups is 2. The summed E-state index contributed by atoms with van der Waals surface area (Å²) in [5.41, 5.74) is 6.29. The van der Waals surface area contributed by atoms with Gasteiger partial charge in [-0.1, -0.05) is 12.1 Å². The van der Waals surface area contributed by atoms with E-state index < -0.39 is 56.6 Å². The van der Waals surface area contributed by atoms with Crippen molar-refractivity contribution < 1.29 is 42.3 Å². The van der Waals surface area contributed by atoms with Gasteiger partial charge in [-0.2, -0.15) is 0 Å². The van der Waals surface area contributed by atoms with E-state index in [0.717, 1.165) is 10.9 Å². The van der Waals surface area contributed by atoms with Gasteiger partial charge in [-0.15, -0.1) is 0 Å². The van der Waals surface area contributed by atoms with Crippen LogP contribution in [0.25, 0.3) is 0 Å². The van der Waals surface area contributed by atoms with E-state index in [1.807, 2.05) is 0 Å². The summed E-state index contributed by atoms with van der Waals surface area (Å²) in [6.45, 7) is 3.03. The lowest BCUT2D eigenvalue weighted by molar-refractivity contribution is -0.190. The fraction of sp³-hybridized carbons (Fsp3) is 0.421. The zero-order valence-electron chi connectivity index (χ0n) is 17.2. The molecule has 1 amide bonds. The first-order chi connectivity index (χ1) is 15.0. The second kappa shape index (κ2) is 8.39. The molecule has 2 saturated heterocycles. The molecule has 3 heterocycles. The summed E-state index contributed by atoms with van der Waals surface area (Å²) in [6.07, 6.45) is -0.139. The second-order valence-electron chi connectivity index (χ2n) is 7.74. The molecule has 172 valence electrons. The topological polar surface area (TPSA) is 161 Å². The Kier molecular flexibility index (Phi) is 5.93. The number of carbonyl (C=O) groups excluding carboxylic acids is 2. The first kappa shape index (κ1) is 22.6. The number of primary amides is 1. The Labute approximate surface area is 182 Å². The average Bonchev–Trinajstić information content (AvgIpc) is 3.42. The maximum absolute atomic E-state index is 12.2. The number of hydrogen-bond donors (Lipinski definition) is 2. The molecular formula is C19H22N3O9P. The Bertz CT molecular complexity index is 1060. The highest BCUT2D eigenvalue weighted by Gasteiger charge is 2.56. The predicted molar refractivity (Wildman–Crippen MR) is 106 cm³/mol. The molecule has 2 aliphatic rings.